The average molecular weight is 512 g/mol. The third-order valence-corrected chi connectivity index (χ3v) is 7.09. The van der Waals surface area contributed by atoms with Crippen LogP contribution in [0.3, 0.4) is 0 Å². The monoisotopic (exact) mass is 511 g/mol. The second-order valence-electron chi connectivity index (χ2n) is 9.57. The third kappa shape index (κ3) is 7.09. The summed E-state index contributed by atoms with van der Waals surface area (Å²) in [6, 6.07) is 7.52. The molecule has 36 heavy (non-hydrogen) atoms. The van der Waals surface area contributed by atoms with E-state index < -0.39 is 0 Å². The Balaban J connectivity index is 1.26. The Bertz CT molecular complexity index is 1110. The van der Waals surface area contributed by atoms with Gasteiger partial charge in [0.15, 0.2) is 11.5 Å². The number of nitrogens with zero attached hydrogens (tertiary/aromatic N) is 5. The van der Waals surface area contributed by atoms with Crippen molar-refractivity contribution in [3.8, 4) is 0 Å². The van der Waals surface area contributed by atoms with Crippen molar-refractivity contribution in [2.75, 3.05) is 36.4 Å². The fourth-order valence-electron chi connectivity index (χ4n) is 4.78. The molecule has 0 saturated carbocycles. The Labute approximate surface area is 218 Å². The smallest absolute Gasteiger partial charge is 0.222 e. The lowest BCUT2D eigenvalue weighted by atomic mass is 10.1. The van der Waals surface area contributed by atoms with Crippen LogP contribution in [-0.4, -0.2) is 57.2 Å². The minimum absolute atomic E-state index is 0.274. The second-order valence-corrected chi connectivity index (χ2v) is 10.0. The molecular formula is C27H38ClN7O. The summed E-state index contributed by atoms with van der Waals surface area (Å²) < 4.78 is 0. The summed E-state index contributed by atoms with van der Waals surface area (Å²) in [5.74, 6) is 1.76. The lowest BCUT2D eigenvalue weighted by Crippen LogP contribution is -2.49. The fraction of sp³-hybridized carbons (Fsp3) is 0.556. The van der Waals surface area contributed by atoms with Gasteiger partial charge in [0.25, 0.3) is 0 Å². The molecule has 0 unspecified atom stereocenters. The van der Waals surface area contributed by atoms with Gasteiger partial charge in [-0.2, -0.15) is 5.10 Å². The Morgan fingerprint density at radius 1 is 1.00 bits per heavy atom. The maximum absolute atomic E-state index is 12.7. The zero-order valence-corrected chi connectivity index (χ0v) is 22.1. The summed E-state index contributed by atoms with van der Waals surface area (Å²) in [6.45, 7) is 5.12. The molecule has 4 rings (SSSR count). The van der Waals surface area contributed by atoms with Gasteiger partial charge in [-0.3, -0.25) is 9.89 Å². The Kier molecular flexibility index (Phi) is 9.78. The van der Waals surface area contributed by atoms with Gasteiger partial charge in [0, 0.05) is 43.3 Å². The van der Waals surface area contributed by atoms with Crippen LogP contribution in [0.15, 0.2) is 30.6 Å². The number of unbranched alkanes of at least 4 members (excludes halogenated alkanes) is 8. The summed E-state index contributed by atoms with van der Waals surface area (Å²) in [7, 11) is 0. The number of rotatable bonds is 13. The SMILES string of the molecule is CCCCCCCCCCCC(=O)N1CCN(c2n[nH]c3ncnc(Nc4cccc(Cl)c4)c23)CC1. The van der Waals surface area contributed by atoms with Crippen LogP contribution >= 0.6 is 11.6 Å². The van der Waals surface area contributed by atoms with Crippen molar-refractivity contribution in [3.63, 3.8) is 0 Å². The van der Waals surface area contributed by atoms with Crippen molar-refractivity contribution >= 4 is 45.9 Å². The Hall–Kier alpha value is -2.87. The molecule has 0 aliphatic carbocycles. The lowest BCUT2D eigenvalue weighted by molar-refractivity contribution is -0.131. The van der Waals surface area contributed by atoms with Crippen molar-refractivity contribution in [2.24, 2.45) is 0 Å². The first-order valence-electron chi connectivity index (χ1n) is 13.4. The van der Waals surface area contributed by atoms with Gasteiger partial charge in [-0.05, 0) is 24.6 Å². The number of hydrogen-bond donors (Lipinski definition) is 2. The highest BCUT2D eigenvalue weighted by Gasteiger charge is 2.25. The molecule has 0 radical (unpaired) electrons. The number of H-pyrrole nitrogens is 1. The summed E-state index contributed by atoms with van der Waals surface area (Å²) in [5.41, 5.74) is 1.52. The molecule has 194 valence electrons. The van der Waals surface area contributed by atoms with Gasteiger partial charge < -0.3 is 15.1 Å². The summed E-state index contributed by atoms with van der Waals surface area (Å²) in [6.07, 6.45) is 13.6. The average Bonchev–Trinajstić information content (AvgIpc) is 3.33. The highest BCUT2D eigenvalue weighted by atomic mass is 35.5. The van der Waals surface area contributed by atoms with Crippen LogP contribution < -0.4 is 10.2 Å². The summed E-state index contributed by atoms with van der Waals surface area (Å²) >= 11 is 6.14. The van der Waals surface area contributed by atoms with E-state index in [0.717, 1.165) is 42.8 Å². The van der Waals surface area contributed by atoms with Gasteiger partial charge in [-0.15, -0.1) is 0 Å². The van der Waals surface area contributed by atoms with E-state index in [-0.39, 0.29) is 5.91 Å². The molecule has 1 aliphatic heterocycles. The second kappa shape index (κ2) is 13.4. The molecule has 1 aliphatic rings. The van der Waals surface area contributed by atoms with Crippen LogP contribution in [0.2, 0.25) is 5.02 Å². The zero-order valence-electron chi connectivity index (χ0n) is 21.3. The van der Waals surface area contributed by atoms with Crippen molar-refractivity contribution in [2.45, 2.75) is 71.1 Å². The number of amides is 1. The molecule has 8 nitrogen and oxygen atoms in total. The van der Waals surface area contributed by atoms with E-state index in [2.05, 4.69) is 37.3 Å². The number of benzene rings is 1. The Morgan fingerprint density at radius 2 is 1.72 bits per heavy atom. The lowest BCUT2D eigenvalue weighted by Gasteiger charge is -2.35. The van der Waals surface area contributed by atoms with E-state index in [1.54, 1.807) is 0 Å². The van der Waals surface area contributed by atoms with Crippen molar-refractivity contribution in [1.82, 2.24) is 25.1 Å². The van der Waals surface area contributed by atoms with Crippen LogP contribution in [0.4, 0.5) is 17.3 Å². The molecule has 9 heteroatoms. The topological polar surface area (TPSA) is 90.0 Å². The molecule has 2 N–H and O–H groups in total. The van der Waals surface area contributed by atoms with Crippen LogP contribution in [0.1, 0.15) is 71.1 Å². The molecule has 3 heterocycles. The number of nitrogens with one attached hydrogen (secondary N) is 2. The van der Waals surface area contributed by atoms with Gasteiger partial charge >= 0.3 is 0 Å². The molecule has 0 atom stereocenters. The number of aromatic nitrogens is 4. The van der Waals surface area contributed by atoms with E-state index in [4.69, 9.17) is 11.6 Å². The molecule has 1 amide bonds. The summed E-state index contributed by atoms with van der Waals surface area (Å²) in [5, 5.41) is 12.4. The molecule has 0 bridgehead atoms. The first-order chi connectivity index (χ1) is 17.7. The van der Waals surface area contributed by atoms with Crippen LogP contribution in [-0.2, 0) is 4.79 Å². The van der Waals surface area contributed by atoms with Crippen LogP contribution in [0, 0.1) is 0 Å². The highest BCUT2D eigenvalue weighted by Crippen LogP contribution is 2.31. The van der Waals surface area contributed by atoms with Crippen molar-refractivity contribution in [1.29, 1.82) is 0 Å². The maximum Gasteiger partial charge on any atom is 0.222 e. The normalized spacial score (nSPS) is 13.9. The molecule has 1 fully saturated rings. The van der Waals surface area contributed by atoms with E-state index in [1.165, 1.54) is 51.3 Å². The summed E-state index contributed by atoms with van der Waals surface area (Å²) in [4.78, 5) is 25.7. The maximum atomic E-state index is 12.7. The van der Waals surface area contributed by atoms with Crippen LogP contribution in [0.5, 0.6) is 0 Å². The first-order valence-corrected chi connectivity index (χ1v) is 13.8. The third-order valence-electron chi connectivity index (χ3n) is 6.85. The highest BCUT2D eigenvalue weighted by molar-refractivity contribution is 6.30. The number of halogens is 1. The number of fused-ring (bicyclic) bond motifs is 1. The van der Waals surface area contributed by atoms with Gasteiger partial charge in [0.1, 0.15) is 17.5 Å². The fourth-order valence-corrected chi connectivity index (χ4v) is 4.97. The molecule has 1 saturated heterocycles. The molecule has 1 aromatic carbocycles. The molecule has 2 aromatic heterocycles. The Morgan fingerprint density at radius 3 is 2.44 bits per heavy atom. The quantitative estimate of drug-likeness (QED) is 0.261. The van der Waals surface area contributed by atoms with E-state index >= 15 is 0 Å². The number of hydrogen-bond acceptors (Lipinski definition) is 6. The molecule has 3 aromatic rings. The number of aromatic amines is 1. The van der Waals surface area contributed by atoms with E-state index in [0.29, 0.717) is 36.0 Å². The van der Waals surface area contributed by atoms with E-state index in [1.807, 2.05) is 29.2 Å². The van der Waals surface area contributed by atoms with E-state index in [9.17, 15) is 4.79 Å². The van der Waals surface area contributed by atoms with Gasteiger partial charge in [0.05, 0.1) is 0 Å². The van der Waals surface area contributed by atoms with Crippen molar-refractivity contribution < 1.29 is 4.79 Å². The minimum Gasteiger partial charge on any atom is -0.351 e. The minimum atomic E-state index is 0.274. The first kappa shape index (κ1) is 26.2. The number of piperazine rings is 1. The molecular weight excluding hydrogens is 474 g/mol. The number of carbonyl (C=O) groups excluding carboxylic acids is 1. The molecule has 0 spiro atoms. The van der Waals surface area contributed by atoms with Gasteiger partial charge in [0.2, 0.25) is 5.91 Å². The van der Waals surface area contributed by atoms with Gasteiger partial charge in [-0.25, -0.2) is 9.97 Å². The zero-order chi connectivity index (χ0) is 25.2. The predicted octanol–water partition coefficient (Wildman–Crippen LogP) is 6.32. The van der Waals surface area contributed by atoms with Crippen molar-refractivity contribution in [3.05, 3.63) is 35.6 Å². The van der Waals surface area contributed by atoms with Crippen LogP contribution in [0.25, 0.3) is 11.0 Å². The number of carbonyl (C=O) groups is 1. The predicted molar refractivity (Wildman–Crippen MR) is 147 cm³/mol. The standard InChI is InChI=1S/C27H38ClN7O/c1-2-3-4-5-6-7-8-9-10-14-23(36)34-15-17-35(18-16-34)27-24-25(29-20-30-26(24)32-33-27)31-22-13-11-12-21(28)19-22/h11-13,19-20H,2-10,14-18H2,1H3,(H2,29,30,31,32,33). The largest absolute Gasteiger partial charge is 0.351 e. The van der Waals surface area contributed by atoms with Gasteiger partial charge in [-0.1, -0.05) is 76.0 Å². The number of anilines is 3.